The molecule has 0 saturated heterocycles. The van der Waals surface area contributed by atoms with E-state index in [0.717, 1.165) is 12.8 Å². The fourth-order valence-corrected chi connectivity index (χ4v) is 12.1. The maximum atomic E-state index is 14.1. The van der Waals surface area contributed by atoms with Gasteiger partial charge in [0.05, 0.1) is 0 Å². The highest BCUT2D eigenvalue weighted by atomic mass is 28.3. The summed E-state index contributed by atoms with van der Waals surface area (Å²) in [6, 6.07) is 32.8. The van der Waals surface area contributed by atoms with Gasteiger partial charge in [-0.05, 0) is 46.2 Å². The second-order valence-corrected chi connectivity index (χ2v) is 13.9. The summed E-state index contributed by atoms with van der Waals surface area (Å²) in [5.41, 5.74) is 0.420. The highest BCUT2D eigenvalue weighted by Gasteiger charge is 2.59. The van der Waals surface area contributed by atoms with Crippen LogP contribution in [0.1, 0.15) is 33.1 Å². The molecule has 2 aliphatic carbocycles. The van der Waals surface area contributed by atoms with Gasteiger partial charge in [0, 0.05) is 11.5 Å². The molecule has 0 aromatic heterocycles. The number of hydrogen-bond donors (Lipinski definition) is 0. The lowest BCUT2D eigenvalue weighted by atomic mass is 9.50. The molecule has 0 aliphatic heterocycles. The number of benzene rings is 3. The van der Waals surface area contributed by atoms with Crippen molar-refractivity contribution in [2.45, 2.75) is 38.7 Å². The molecule has 152 valence electrons. The average molecular weight is 411 g/mol. The summed E-state index contributed by atoms with van der Waals surface area (Å²) in [7, 11) is -2.52. The van der Waals surface area contributed by atoms with Crippen LogP contribution in [0.3, 0.4) is 0 Å². The van der Waals surface area contributed by atoms with E-state index < -0.39 is 8.07 Å². The van der Waals surface area contributed by atoms with Gasteiger partial charge in [0.2, 0.25) is 0 Å². The van der Waals surface area contributed by atoms with Crippen molar-refractivity contribution >= 4 is 29.4 Å². The Bertz CT molecular complexity index is 929. The fourth-order valence-electron chi connectivity index (χ4n) is 6.52. The first-order chi connectivity index (χ1) is 14.5. The Kier molecular flexibility index (Phi) is 4.78. The largest absolute Gasteiger partial charge is 0.299 e. The molecule has 3 aromatic rings. The molecule has 30 heavy (non-hydrogen) atoms. The number of ketones is 1. The van der Waals surface area contributed by atoms with Gasteiger partial charge >= 0.3 is 0 Å². The molecule has 3 atom stereocenters. The molecule has 2 heteroatoms. The standard InChI is InChI=1S/C28H30OSi/c1-28(2)20-24-25(28)18-19-26(27(24)29)30(21-12-6-3-7-13-21,22-14-8-4-9-15-22)23-16-10-5-11-17-23/h3-17,24-26H,18-20H2,1-2H3/t24-,25+,26+/m0/s1. The third-order valence-corrected chi connectivity index (χ3v) is 13.3. The Hall–Kier alpha value is -2.45. The molecule has 0 radical (unpaired) electrons. The van der Waals surface area contributed by atoms with Gasteiger partial charge in [-0.3, -0.25) is 4.79 Å². The van der Waals surface area contributed by atoms with Gasteiger partial charge in [-0.25, -0.2) is 0 Å². The fraction of sp³-hybridized carbons (Fsp3) is 0.321. The van der Waals surface area contributed by atoms with E-state index in [4.69, 9.17) is 0 Å². The number of Topliss-reactive ketones (excluding diaryl/α,β-unsaturated/α-hetero) is 1. The Morgan fingerprint density at radius 3 is 1.53 bits per heavy atom. The monoisotopic (exact) mass is 410 g/mol. The number of carbonyl (C=O) groups is 1. The van der Waals surface area contributed by atoms with Crippen LogP contribution in [0.25, 0.3) is 0 Å². The summed E-state index contributed by atoms with van der Waals surface area (Å²) in [5, 5.41) is 4.08. The van der Waals surface area contributed by atoms with Gasteiger partial charge in [0.1, 0.15) is 5.78 Å². The Balaban J connectivity index is 1.74. The maximum Gasteiger partial charge on any atom is 0.158 e. The lowest BCUT2D eigenvalue weighted by Crippen LogP contribution is -2.73. The van der Waals surface area contributed by atoms with Gasteiger partial charge < -0.3 is 0 Å². The van der Waals surface area contributed by atoms with Crippen molar-refractivity contribution < 1.29 is 4.79 Å². The van der Waals surface area contributed by atoms with Crippen molar-refractivity contribution in [1.82, 2.24) is 0 Å². The minimum Gasteiger partial charge on any atom is -0.299 e. The van der Waals surface area contributed by atoms with E-state index in [0.29, 0.717) is 17.1 Å². The molecule has 1 nitrogen and oxygen atoms in total. The van der Waals surface area contributed by atoms with Crippen molar-refractivity contribution in [2.75, 3.05) is 0 Å². The van der Waals surface area contributed by atoms with Crippen molar-refractivity contribution in [3.8, 4) is 0 Å². The highest BCUT2D eigenvalue weighted by molar-refractivity contribution is 7.14. The number of fused-ring (bicyclic) bond motifs is 1. The molecule has 2 saturated carbocycles. The molecule has 0 spiro atoms. The van der Waals surface area contributed by atoms with Gasteiger partial charge in [0.15, 0.2) is 8.07 Å². The zero-order chi connectivity index (χ0) is 20.8. The molecule has 3 aromatic carbocycles. The van der Waals surface area contributed by atoms with Crippen molar-refractivity contribution in [2.24, 2.45) is 17.3 Å². The van der Waals surface area contributed by atoms with Crippen LogP contribution in [0.2, 0.25) is 5.54 Å². The van der Waals surface area contributed by atoms with E-state index in [1.807, 2.05) is 0 Å². The van der Waals surface area contributed by atoms with Gasteiger partial charge in [0.25, 0.3) is 0 Å². The Morgan fingerprint density at radius 2 is 1.13 bits per heavy atom. The van der Waals surface area contributed by atoms with Gasteiger partial charge in [-0.1, -0.05) is 105 Å². The van der Waals surface area contributed by atoms with Crippen LogP contribution < -0.4 is 15.6 Å². The normalized spacial score (nSPS) is 25.3. The van der Waals surface area contributed by atoms with Crippen molar-refractivity contribution in [3.05, 3.63) is 91.0 Å². The molecule has 0 bridgehead atoms. The second kappa shape index (κ2) is 7.35. The maximum absolute atomic E-state index is 14.1. The minimum atomic E-state index is -2.52. The van der Waals surface area contributed by atoms with Crippen molar-refractivity contribution in [3.63, 3.8) is 0 Å². The zero-order valence-electron chi connectivity index (χ0n) is 17.9. The van der Waals surface area contributed by atoms with Crippen LogP contribution in [-0.4, -0.2) is 13.9 Å². The average Bonchev–Trinajstić information content (AvgIpc) is 2.78. The van der Waals surface area contributed by atoms with Gasteiger partial charge in [-0.15, -0.1) is 0 Å². The first-order valence-electron chi connectivity index (χ1n) is 11.3. The molecule has 5 rings (SSSR count). The number of hydrogen-bond acceptors (Lipinski definition) is 1. The van der Waals surface area contributed by atoms with Crippen LogP contribution >= 0.6 is 0 Å². The third-order valence-electron chi connectivity index (χ3n) is 7.92. The van der Waals surface area contributed by atoms with E-state index in [2.05, 4.69) is 105 Å². The van der Waals surface area contributed by atoms with Crippen LogP contribution in [-0.2, 0) is 4.79 Å². The molecule has 0 heterocycles. The topological polar surface area (TPSA) is 17.1 Å². The summed E-state index contributed by atoms with van der Waals surface area (Å²) in [5.74, 6) is 1.35. The number of carbonyl (C=O) groups excluding carboxylic acids is 1. The highest BCUT2D eigenvalue weighted by Crippen LogP contribution is 2.58. The van der Waals surface area contributed by atoms with E-state index >= 15 is 0 Å². The summed E-state index contributed by atoms with van der Waals surface area (Å²) in [6.45, 7) is 4.69. The zero-order valence-corrected chi connectivity index (χ0v) is 18.9. The second-order valence-electron chi connectivity index (χ2n) is 9.84. The molecule has 0 amide bonds. The summed E-state index contributed by atoms with van der Waals surface area (Å²) in [6.07, 6.45) is 3.24. The summed E-state index contributed by atoms with van der Waals surface area (Å²) in [4.78, 5) is 14.1. The molecular weight excluding hydrogens is 380 g/mol. The van der Waals surface area contributed by atoms with Crippen LogP contribution in [0.15, 0.2) is 91.0 Å². The predicted octanol–water partition coefficient (Wildman–Crippen LogP) is 4.55. The van der Waals surface area contributed by atoms with E-state index in [-0.39, 0.29) is 11.5 Å². The van der Waals surface area contributed by atoms with E-state index in [1.54, 1.807) is 0 Å². The molecular formula is C28H30OSi. The smallest absolute Gasteiger partial charge is 0.158 e. The molecule has 0 N–H and O–H groups in total. The lowest BCUT2D eigenvalue weighted by molar-refractivity contribution is -0.141. The number of rotatable bonds is 4. The SMILES string of the molecule is CC1(C)C[C@@H]2C(=O)[C@H]([Si](c3ccccc3)(c3ccccc3)c3ccccc3)CC[C@H]21. The molecule has 0 unspecified atom stereocenters. The van der Waals surface area contributed by atoms with Gasteiger partial charge in [-0.2, -0.15) is 0 Å². The van der Waals surface area contributed by atoms with Crippen LogP contribution in [0, 0.1) is 17.3 Å². The first kappa shape index (κ1) is 19.5. The van der Waals surface area contributed by atoms with Crippen LogP contribution in [0.4, 0.5) is 0 Å². The summed E-state index contributed by atoms with van der Waals surface area (Å²) < 4.78 is 0. The molecule has 2 fully saturated rings. The first-order valence-corrected chi connectivity index (χ1v) is 13.3. The Labute approximate surface area is 181 Å². The Morgan fingerprint density at radius 1 is 0.700 bits per heavy atom. The van der Waals surface area contributed by atoms with Crippen LogP contribution in [0.5, 0.6) is 0 Å². The minimum absolute atomic E-state index is 0.0991. The third kappa shape index (κ3) is 2.85. The quantitative estimate of drug-likeness (QED) is 0.455. The van der Waals surface area contributed by atoms with E-state index in [1.165, 1.54) is 22.0 Å². The van der Waals surface area contributed by atoms with Crippen molar-refractivity contribution in [1.29, 1.82) is 0 Å². The van der Waals surface area contributed by atoms with E-state index in [9.17, 15) is 4.79 Å². The lowest BCUT2D eigenvalue weighted by Gasteiger charge is -2.57. The predicted molar refractivity (Wildman–Crippen MR) is 127 cm³/mol. The molecule has 2 aliphatic rings. The summed E-state index contributed by atoms with van der Waals surface area (Å²) >= 11 is 0.